The molecule has 1 N–H and O–H groups in total. The van der Waals surface area contributed by atoms with Crippen LogP contribution in [0, 0.1) is 0 Å². The van der Waals surface area contributed by atoms with Gasteiger partial charge in [-0.25, -0.2) is 9.19 Å². The smallest absolute Gasteiger partial charge is 0.309 e. The normalized spacial score (nSPS) is 12.3. The third-order valence-corrected chi connectivity index (χ3v) is 6.18. The van der Waals surface area contributed by atoms with Gasteiger partial charge in [0.1, 0.15) is 11.0 Å². The molecule has 3 aromatic rings. The molecule has 32 heavy (non-hydrogen) atoms. The van der Waals surface area contributed by atoms with E-state index in [-0.39, 0.29) is 21.3 Å². The quantitative estimate of drug-likeness (QED) is 0.418. The number of alkyl halides is 3. The lowest BCUT2D eigenvalue weighted by Gasteiger charge is -2.20. The molecule has 1 aromatic heterocycles. The van der Waals surface area contributed by atoms with Gasteiger partial charge in [0.2, 0.25) is 0 Å². The van der Waals surface area contributed by atoms with Crippen molar-refractivity contribution in [3.8, 4) is 0 Å². The van der Waals surface area contributed by atoms with E-state index in [0.717, 1.165) is 6.07 Å². The number of anilines is 2. The molecule has 1 unspecified atom stereocenters. The maximum absolute atomic E-state index is 13.1. The largest absolute Gasteiger partial charge is 0.417 e. The standard InChI is InChI=1S/C20H13Cl3F3N3O2S/c1-29(17-5-3-2-4-15(17)23)19(30)18-16(8-11(21)10-27-18)28-32(31)12-6-7-14(22)13(9-12)20(24,25)26/h2-10,28H,1H3. The van der Waals surface area contributed by atoms with Crippen LogP contribution in [0.4, 0.5) is 24.5 Å². The minimum atomic E-state index is -4.73. The summed E-state index contributed by atoms with van der Waals surface area (Å²) < 4.78 is 54.7. The van der Waals surface area contributed by atoms with Crippen molar-refractivity contribution >= 4 is 63.1 Å². The maximum atomic E-state index is 13.1. The summed E-state index contributed by atoms with van der Waals surface area (Å²) in [6.07, 6.45) is -3.51. The zero-order valence-electron chi connectivity index (χ0n) is 16.1. The number of amides is 1. The van der Waals surface area contributed by atoms with Crippen molar-refractivity contribution in [2.75, 3.05) is 16.7 Å². The second-order valence-electron chi connectivity index (χ2n) is 6.38. The van der Waals surface area contributed by atoms with Crippen LogP contribution in [0.3, 0.4) is 0 Å². The van der Waals surface area contributed by atoms with E-state index in [1.807, 2.05) is 0 Å². The van der Waals surface area contributed by atoms with E-state index >= 15 is 0 Å². The van der Waals surface area contributed by atoms with Gasteiger partial charge in [0.05, 0.1) is 36.9 Å². The molecule has 0 aliphatic rings. The Morgan fingerprint density at radius 2 is 1.75 bits per heavy atom. The molecule has 12 heteroatoms. The summed E-state index contributed by atoms with van der Waals surface area (Å²) in [7, 11) is -0.721. The van der Waals surface area contributed by atoms with Crippen LogP contribution in [-0.2, 0) is 17.2 Å². The molecular formula is C20H13Cl3F3N3O2S. The fourth-order valence-electron chi connectivity index (χ4n) is 2.68. The lowest BCUT2D eigenvalue weighted by molar-refractivity contribution is -0.137. The van der Waals surface area contributed by atoms with Crippen molar-refractivity contribution in [3.05, 3.63) is 81.1 Å². The van der Waals surface area contributed by atoms with Crippen LogP contribution in [-0.4, -0.2) is 22.1 Å². The van der Waals surface area contributed by atoms with Crippen LogP contribution >= 0.6 is 34.8 Å². The van der Waals surface area contributed by atoms with E-state index in [0.29, 0.717) is 16.8 Å². The van der Waals surface area contributed by atoms with Crippen molar-refractivity contribution in [2.45, 2.75) is 11.1 Å². The Kier molecular flexibility index (Phi) is 7.34. The van der Waals surface area contributed by atoms with Gasteiger partial charge in [-0.2, -0.15) is 13.2 Å². The Labute approximate surface area is 198 Å². The summed E-state index contributed by atoms with van der Waals surface area (Å²) in [6, 6.07) is 10.7. The molecule has 168 valence electrons. The van der Waals surface area contributed by atoms with Crippen LogP contribution in [0.1, 0.15) is 16.1 Å². The zero-order chi connectivity index (χ0) is 23.6. The number of benzene rings is 2. The Balaban J connectivity index is 1.95. The van der Waals surface area contributed by atoms with Crippen molar-refractivity contribution in [3.63, 3.8) is 0 Å². The molecule has 0 fully saturated rings. The highest BCUT2D eigenvalue weighted by Crippen LogP contribution is 2.36. The molecule has 1 heterocycles. The van der Waals surface area contributed by atoms with Gasteiger partial charge in [0.25, 0.3) is 5.91 Å². The summed E-state index contributed by atoms with van der Waals surface area (Å²) in [6.45, 7) is 0. The fourth-order valence-corrected chi connectivity index (χ4v) is 4.21. The number of nitrogens with zero attached hydrogens (tertiary/aromatic N) is 2. The summed E-state index contributed by atoms with van der Waals surface area (Å²) in [4.78, 5) is 18.1. The number of carbonyl (C=O) groups excluding carboxylic acids is 1. The van der Waals surface area contributed by atoms with Gasteiger partial charge in [-0.15, -0.1) is 0 Å². The van der Waals surface area contributed by atoms with Crippen LogP contribution < -0.4 is 9.62 Å². The minimum Gasteiger partial charge on any atom is -0.309 e. The van der Waals surface area contributed by atoms with Crippen molar-refractivity contribution < 1.29 is 22.2 Å². The van der Waals surface area contributed by atoms with Crippen LogP contribution in [0.2, 0.25) is 15.1 Å². The Morgan fingerprint density at radius 1 is 1.06 bits per heavy atom. The Bertz CT molecular complexity index is 1210. The molecule has 3 rings (SSSR count). The third-order valence-electron chi connectivity index (χ3n) is 4.24. The second-order valence-corrected chi connectivity index (χ2v) is 8.84. The van der Waals surface area contributed by atoms with Crippen molar-refractivity contribution in [1.82, 2.24) is 4.98 Å². The molecule has 0 aliphatic heterocycles. The number of hydrogen-bond acceptors (Lipinski definition) is 3. The maximum Gasteiger partial charge on any atom is 0.417 e. The Morgan fingerprint density at radius 3 is 2.41 bits per heavy atom. The first-order chi connectivity index (χ1) is 15.0. The lowest BCUT2D eigenvalue weighted by atomic mass is 10.2. The monoisotopic (exact) mass is 521 g/mol. The minimum absolute atomic E-state index is 0.0387. The van der Waals surface area contributed by atoms with Crippen molar-refractivity contribution in [2.24, 2.45) is 0 Å². The lowest BCUT2D eigenvalue weighted by Crippen LogP contribution is -2.28. The molecule has 0 spiro atoms. The van der Waals surface area contributed by atoms with Gasteiger partial charge < -0.3 is 4.90 Å². The zero-order valence-corrected chi connectivity index (χ0v) is 19.2. The van der Waals surface area contributed by atoms with Crippen LogP contribution in [0.25, 0.3) is 0 Å². The number of rotatable bonds is 5. The molecule has 0 aliphatic carbocycles. The van der Waals surface area contributed by atoms with Gasteiger partial charge in [-0.1, -0.05) is 46.9 Å². The number of pyridine rings is 1. The van der Waals surface area contributed by atoms with E-state index in [1.165, 1.54) is 30.3 Å². The number of halogens is 6. The van der Waals surface area contributed by atoms with Crippen LogP contribution in [0.5, 0.6) is 0 Å². The van der Waals surface area contributed by atoms with E-state index in [1.54, 1.807) is 24.3 Å². The molecule has 1 amide bonds. The third kappa shape index (κ3) is 5.35. The number of para-hydroxylation sites is 1. The van der Waals surface area contributed by atoms with Gasteiger partial charge in [-0.05, 0) is 36.4 Å². The molecule has 2 aromatic carbocycles. The number of nitrogens with one attached hydrogen (secondary N) is 1. The summed E-state index contributed by atoms with van der Waals surface area (Å²) >= 11 is 17.7. The predicted molar refractivity (Wildman–Crippen MR) is 120 cm³/mol. The fraction of sp³-hybridized carbons (Fsp3) is 0.100. The topological polar surface area (TPSA) is 62.3 Å². The second kappa shape index (κ2) is 9.66. The molecule has 0 bridgehead atoms. The Hall–Kier alpha value is -2.33. The predicted octanol–water partition coefficient (Wildman–Crippen LogP) is 6.47. The average Bonchev–Trinajstić information content (AvgIpc) is 2.72. The number of aromatic nitrogens is 1. The molecular weight excluding hydrogens is 510 g/mol. The molecule has 5 nitrogen and oxygen atoms in total. The SMILES string of the molecule is CN(C(=O)c1ncc(Cl)cc1NS(=O)c1ccc(Cl)c(C(F)(F)F)c1)c1ccccc1Cl. The van der Waals surface area contributed by atoms with Gasteiger partial charge in [-0.3, -0.25) is 9.52 Å². The highest BCUT2D eigenvalue weighted by atomic mass is 35.5. The molecule has 0 saturated carbocycles. The average molecular weight is 523 g/mol. The molecule has 0 radical (unpaired) electrons. The van der Waals surface area contributed by atoms with E-state index in [9.17, 15) is 22.2 Å². The molecule has 1 atom stereocenters. The van der Waals surface area contributed by atoms with Gasteiger partial charge >= 0.3 is 6.18 Å². The van der Waals surface area contributed by atoms with E-state index < -0.39 is 33.7 Å². The van der Waals surface area contributed by atoms with Gasteiger partial charge in [0.15, 0.2) is 5.69 Å². The van der Waals surface area contributed by atoms with E-state index in [4.69, 9.17) is 34.8 Å². The summed E-state index contributed by atoms with van der Waals surface area (Å²) in [5, 5.41) is -0.0929. The van der Waals surface area contributed by atoms with E-state index in [2.05, 4.69) is 9.71 Å². The molecule has 0 saturated heterocycles. The van der Waals surface area contributed by atoms with Crippen LogP contribution in [0.15, 0.2) is 59.6 Å². The number of hydrogen-bond donors (Lipinski definition) is 1. The van der Waals surface area contributed by atoms with Crippen molar-refractivity contribution in [1.29, 1.82) is 0 Å². The summed E-state index contributed by atoms with van der Waals surface area (Å²) in [5.41, 5.74) is -0.931. The highest BCUT2D eigenvalue weighted by Gasteiger charge is 2.34. The van der Waals surface area contributed by atoms with Gasteiger partial charge in [0, 0.05) is 13.2 Å². The first-order valence-corrected chi connectivity index (χ1v) is 11.0. The highest BCUT2D eigenvalue weighted by molar-refractivity contribution is 7.86. The first kappa shape index (κ1) is 24.3. The first-order valence-electron chi connectivity index (χ1n) is 8.72. The summed E-state index contributed by atoms with van der Waals surface area (Å²) in [5.74, 6) is -0.610. The number of carbonyl (C=O) groups is 1.